The van der Waals surface area contributed by atoms with Crippen LogP contribution in [0.5, 0.6) is 0 Å². The molecule has 2 unspecified atom stereocenters. The molecule has 1 aromatic heterocycles. The highest BCUT2D eigenvalue weighted by molar-refractivity contribution is 5.97. The molecule has 3 rings (SSSR count). The highest BCUT2D eigenvalue weighted by Crippen LogP contribution is 2.30. The Morgan fingerprint density at radius 3 is 2.77 bits per heavy atom. The molecule has 158 valence electrons. The van der Waals surface area contributed by atoms with Gasteiger partial charge in [0.25, 0.3) is 0 Å². The molecule has 0 saturated heterocycles. The zero-order valence-electron chi connectivity index (χ0n) is 17.4. The quantitative estimate of drug-likeness (QED) is 0.678. The first kappa shape index (κ1) is 21.4. The van der Waals surface area contributed by atoms with Crippen LogP contribution >= 0.6 is 0 Å². The van der Waals surface area contributed by atoms with Gasteiger partial charge >= 0.3 is 6.09 Å². The molecule has 2 bridgehead atoms. The van der Waals surface area contributed by atoms with E-state index in [4.69, 9.17) is 4.74 Å². The Balaban J connectivity index is 2.04. The van der Waals surface area contributed by atoms with Gasteiger partial charge in [-0.25, -0.2) is 19.2 Å². The van der Waals surface area contributed by atoms with Gasteiger partial charge in [0, 0.05) is 5.56 Å². The summed E-state index contributed by atoms with van der Waals surface area (Å²) in [5, 5.41) is 5.65. The lowest BCUT2D eigenvalue weighted by atomic mass is 10.0. The minimum absolute atomic E-state index is 0.231. The first-order valence-electron chi connectivity index (χ1n) is 9.71. The molecule has 0 fully saturated rings. The van der Waals surface area contributed by atoms with Crippen LogP contribution in [0.3, 0.4) is 0 Å². The number of ether oxygens (including phenoxy) is 1. The third-order valence-electron chi connectivity index (χ3n) is 4.46. The second-order valence-electron chi connectivity index (χ2n) is 8.16. The number of rotatable bonds is 1. The van der Waals surface area contributed by atoms with E-state index in [1.165, 1.54) is 24.5 Å². The molecule has 0 spiro atoms. The van der Waals surface area contributed by atoms with Gasteiger partial charge in [0.15, 0.2) is 0 Å². The summed E-state index contributed by atoms with van der Waals surface area (Å²) in [5.41, 5.74) is 1.21. The number of amides is 2. The SMILES string of the molecule is CC1C=CCC(NC(=O)OC(C)(C)C)c2cc(ncn2)-c2cc(F)ccc2NC1=O. The van der Waals surface area contributed by atoms with E-state index in [1.807, 2.05) is 6.08 Å². The summed E-state index contributed by atoms with van der Waals surface area (Å²) in [6.07, 6.45) is 4.74. The van der Waals surface area contributed by atoms with Gasteiger partial charge in [0.2, 0.25) is 5.91 Å². The fourth-order valence-electron chi connectivity index (χ4n) is 3.00. The average Bonchev–Trinajstić information content (AvgIpc) is 2.66. The van der Waals surface area contributed by atoms with Crippen molar-refractivity contribution in [3.8, 4) is 11.3 Å². The number of fused-ring (bicyclic) bond motifs is 4. The maximum absolute atomic E-state index is 14.0. The second kappa shape index (κ2) is 8.61. The largest absolute Gasteiger partial charge is 0.444 e. The van der Waals surface area contributed by atoms with Gasteiger partial charge in [-0.15, -0.1) is 0 Å². The molecule has 0 aliphatic carbocycles. The van der Waals surface area contributed by atoms with Crippen LogP contribution in [0.2, 0.25) is 0 Å². The Kier molecular flexibility index (Phi) is 6.14. The van der Waals surface area contributed by atoms with E-state index in [-0.39, 0.29) is 5.91 Å². The van der Waals surface area contributed by atoms with Gasteiger partial charge in [-0.05, 0) is 51.5 Å². The van der Waals surface area contributed by atoms with E-state index in [0.717, 1.165) is 0 Å². The lowest BCUT2D eigenvalue weighted by Gasteiger charge is -2.23. The van der Waals surface area contributed by atoms with Crippen LogP contribution in [0, 0.1) is 11.7 Å². The highest BCUT2D eigenvalue weighted by Gasteiger charge is 2.23. The molecule has 2 amide bonds. The minimum Gasteiger partial charge on any atom is -0.444 e. The van der Waals surface area contributed by atoms with Gasteiger partial charge in [-0.3, -0.25) is 4.79 Å². The molecule has 8 heteroatoms. The smallest absolute Gasteiger partial charge is 0.408 e. The number of benzene rings is 1. The number of nitrogens with one attached hydrogen (secondary N) is 2. The number of hydrogen-bond donors (Lipinski definition) is 2. The van der Waals surface area contributed by atoms with E-state index in [2.05, 4.69) is 20.6 Å². The van der Waals surface area contributed by atoms with Crippen LogP contribution in [-0.4, -0.2) is 27.6 Å². The van der Waals surface area contributed by atoms with E-state index < -0.39 is 29.5 Å². The predicted octanol–water partition coefficient (Wildman–Crippen LogP) is 4.38. The number of carbonyl (C=O) groups excluding carboxylic acids is 2. The number of hydrogen-bond acceptors (Lipinski definition) is 5. The summed E-state index contributed by atoms with van der Waals surface area (Å²) >= 11 is 0. The van der Waals surface area contributed by atoms with Gasteiger partial charge in [0.1, 0.15) is 17.7 Å². The zero-order chi connectivity index (χ0) is 21.9. The molecular weight excluding hydrogens is 387 g/mol. The van der Waals surface area contributed by atoms with Crippen molar-refractivity contribution in [2.75, 3.05) is 5.32 Å². The molecule has 2 atom stereocenters. The third-order valence-corrected chi connectivity index (χ3v) is 4.46. The Bertz CT molecular complexity index is 985. The van der Waals surface area contributed by atoms with E-state index >= 15 is 0 Å². The molecular formula is C22H25FN4O3. The standard InChI is InChI=1S/C22H25FN4O3/c1-13-6-5-7-17(27-21(29)30-22(2,3)4)19-11-18(24-12-25-19)15-10-14(23)8-9-16(15)26-20(13)28/h5-6,8-13,17H,7H2,1-4H3,(H,26,28)(H,27,29). The van der Waals surface area contributed by atoms with Crippen molar-refractivity contribution in [2.24, 2.45) is 5.92 Å². The average molecular weight is 412 g/mol. The lowest BCUT2D eigenvalue weighted by molar-refractivity contribution is -0.118. The van der Waals surface area contributed by atoms with Crippen LogP contribution in [0.1, 0.15) is 45.9 Å². The molecule has 1 aliphatic rings. The van der Waals surface area contributed by atoms with Crippen molar-refractivity contribution in [3.63, 3.8) is 0 Å². The van der Waals surface area contributed by atoms with Crippen LogP contribution < -0.4 is 10.6 Å². The summed E-state index contributed by atoms with van der Waals surface area (Å²) in [4.78, 5) is 33.4. The zero-order valence-corrected chi connectivity index (χ0v) is 17.4. The monoisotopic (exact) mass is 412 g/mol. The molecule has 30 heavy (non-hydrogen) atoms. The number of halogens is 1. The predicted molar refractivity (Wildman–Crippen MR) is 111 cm³/mol. The van der Waals surface area contributed by atoms with Crippen molar-refractivity contribution in [1.82, 2.24) is 15.3 Å². The van der Waals surface area contributed by atoms with Crippen molar-refractivity contribution >= 4 is 17.7 Å². The van der Waals surface area contributed by atoms with Crippen molar-refractivity contribution in [2.45, 2.75) is 45.8 Å². The molecule has 2 aromatic rings. The number of carbonyl (C=O) groups is 2. The Morgan fingerprint density at radius 1 is 1.27 bits per heavy atom. The van der Waals surface area contributed by atoms with E-state index in [9.17, 15) is 14.0 Å². The van der Waals surface area contributed by atoms with Gasteiger partial charge in [-0.2, -0.15) is 0 Å². The maximum atomic E-state index is 14.0. The molecule has 0 radical (unpaired) electrons. The fourth-order valence-corrected chi connectivity index (χ4v) is 3.00. The van der Waals surface area contributed by atoms with Crippen molar-refractivity contribution < 1.29 is 18.7 Å². The summed E-state index contributed by atoms with van der Waals surface area (Å²) in [7, 11) is 0. The van der Waals surface area contributed by atoms with Crippen molar-refractivity contribution in [1.29, 1.82) is 0 Å². The molecule has 0 saturated carbocycles. The molecule has 2 N–H and O–H groups in total. The summed E-state index contributed by atoms with van der Waals surface area (Å²) < 4.78 is 19.3. The first-order chi connectivity index (χ1) is 14.1. The number of anilines is 1. The Hall–Kier alpha value is -3.29. The summed E-state index contributed by atoms with van der Waals surface area (Å²) in [6.45, 7) is 7.10. The molecule has 7 nitrogen and oxygen atoms in total. The minimum atomic E-state index is -0.648. The number of alkyl carbamates (subject to hydrolysis) is 1. The lowest BCUT2D eigenvalue weighted by Crippen LogP contribution is -2.35. The van der Waals surface area contributed by atoms with Crippen LogP contribution in [0.15, 0.2) is 42.7 Å². The van der Waals surface area contributed by atoms with Crippen molar-refractivity contribution in [3.05, 3.63) is 54.3 Å². The van der Waals surface area contributed by atoms with Gasteiger partial charge < -0.3 is 15.4 Å². The van der Waals surface area contributed by atoms with Gasteiger partial charge in [-0.1, -0.05) is 19.1 Å². The molecule has 1 aliphatic heterocycles. The summed E-state index contributed by atoms with van der Waals surface area (Å²) in [6, 6.07) is 5.25. The number of aromatic nitrogens is 2. The second-order valence-corrected chi connectivity index (χ2v) is 8.16. The highest BCUT2D eigenvalue weighted by atomic mass is 19.1. The summed E-state index contributed by atoms with van der Waals surface area (Å²) in [5.74, 6) is -1.11. The maximum Gasteiger partial charge on any atom is 0.408 e. The van der Waals surface area contributed by atoms with E-state index in [0.29, 0.717) is 29.1 Å². The molecule has 2 heterocycles. The Morgan fingerprint density at radius 2 is 2.03 bits per heavy atom. The number of nitrogens with zero attached hydrogens (tertiary/aromatic N) is 2. The Labute approximate surface area is 174 Å². The van der Waals surface area contributed by atoms with Gasteiger partial charge in [0.05, 0.1) is 29.0 Å². The van der Waals surface area contributed by atoms with E-state index in [1.54, 1.807) is 39.8 Å². The van der Waals surface area contributed by atoms with Crippen LogP contribution in [-0.2, 0) is 9.53 Å². The fraction of sp³-hybridized carbons (Fsp3) is 0.364. The normalized spacial score (nSPS) is 19.0. The third kappa shape index (κ3) is 5.40. The van der Waals surface area contributed by atoms with Crippen LogP contribution in [0.4, 0.5) is 14.9 Å². The van der Waals surface area contributed by atoms with Crippen LogP contribution in [0.25, 0.3) is 11.3 Å². The first-order valence-corrected chi connectivity index (χ1v) is 9.71. The molecule has 1 aromatic carbocycles. The topological polar surface area (TPSA) is 93.2 Å².